The Balaban J connectivity index is 0.00000312. The van der Waals surface area contributed by atoms with Crippen LogP contribution in [0.1, 0.15) is 43.8 Å². The molecule has 0 aromatic carbocycles. The number of halogens is 1. The van der Waals surface area contributed by atoms with Crippen LogP contribution in [0.5, 0.6) is 0 Å². The lowest BCUT2D eigenvalue weighted by molar-refractivity contribution is 0.445. The summed E-state index contributed by atoms with van der Waals surface area (Å²) < 4.78 is 25.1. The summed E-state index contributed by atoms with van der Waals surface area (Å²) in [7, 11) is -3.03. The van der Waals surface area contributed by atoms with E-state index in [2.05, 4.69) is 39.8 Å². The van der Waals surface area contributed by atoms with E-state index in [1.165, 1.54) is 0 Å². The lowest BCUT2D eigenvalue weighted by atomic mass is 10.2. The van der Waals surface area contributed by atoms with E-state index in [1.54, 1.807) is 15.6 Å². The van der Waals surface area contributed by atoms with E-state index in [0.29, 0.717) is 38.1 Å². The van der Waals surface area contributed by atoms with E-state index in [-0.39, 0.29) is 29.7 Å². The Morgan fingerprint density at radius 3 is 2.76 bits per heavy atom. The van der Waals surface area contributed by atoms with Crippen molar-refractivity contribution in [3.05, 3.63) is 16.1 Å². The van der Waals surface area contributed by atoms with Gasteiger partial charge in [0.2, 0.25) is 10.0 Å². The van der Waals surface area contributed by atoms with Crippen LogP contribution in [0.15, 0.2) is 10.4 Å². The number of nitrogens with one attached hydrogen (secondary N) is 2. The van der Waals surface area contributed by atoms with E-state index < -0.39 is 10.0 Å². The molecule has 0 radical (unpaired) electrons. The summed E-state index contributed by atoms with van der Waals surface area (Å²) in [5, 5.41) is 9.43. The van der Waals surface area contributed by atoms with E-state index in [9.17, 15) is 8.42 Å². The van der Waals surface area contributed by atoms with Crippen LogP contribution in [-0.4, -0.2) is 55.6 Å². The lowest BCUT2D eigenvalue weighted by Crippen LogP contribution is -2.42. The molecule has 0 spiro atoms. The van der Waals surface area contributed by atoms with E-state index in [0.717, 1.165) is 23.7 Å². The minimum absolute atomic E-state index is 0. The van der Waals surface area contributed by atoms with Crippen molar-refractivity contribution in [2.24, 2.45) is 4.99 Å². The van der Waals surface area contributed by atoms with Crippen LogP contribution >= 0.6 is 35.3 Å². The number of hydrogen-bond donors (Lipinski definition) is 2. The second-order valence-corrected chi connectivity index (χ2v) is 9.04. The fourth-order valence-corrected chi connectivity index (χ4v) is 4.80. The zero-order chi connectivity index (χ0) is 17.6. The summed E-state index contributed by atoms with van der Waals surface area (Å²) in [5.41, 5.74) is 1.10. The number of nitrogens with zero attached hydrogens (tertiary/aromatic N) is 3. The van der Waals surface area contributed by atoms with E-state index in [1.807, 2.05) is 6.92 Å². The van der Waals surface area contributed by atoms with Gasteiger partial charge >= 0.3 is 0 Å². The molecule has 0 saturated carbocycles. The van der Waals surface area contributed by atoms with Gasteiger partial charge in [-0.25, -0.2) is 22.7 Å². The summed E-state index contributed by atoms with van der Waals surface area (Å²) in [6, 6.07) is 0. The van der Waals surface area contributed by atoms with Crippen molar-refractivity contribution in [3.8, 4) is 0 Å². The van der Waals surface area contributed by atoms with Crippen molar-refractivity contribution in [2.75, 3.05) is 31.9 Å². The fourth-order valence-electron chi connectivity index (χ4n) is 2.39. The van der Waals surface area contributed by atoms with Gasteiger partial charge in [-0.05, 0) is 19.3 Å². The maximum absolute atomic E-state index is 11.8. The molecule has 144 valence electrons. The van der Waals surface area contributed by atoms with Gasteiger partial charge in [-0.3, -0.25) is 0 Å². The van der Waals surface area contributed by atoms with Crippen LogP contribution in [0.3, 0.4) is 0 Å². The Morgan fingerprint density at radius 1 is 1.44 bits per heavy atom. The highest BCUT2D eigenvalue weighted by molar-refractivity contribution is 14.0. The zero-order valence-electron chi connectivity index (χ0n) is 15.0. The van der Waals surface area contributed by atoms with Gasteiger partial charge in [-0.2, -0.15) is 0 Å². The highest BCUT2D eigenvalue weighted by atomic mass is 127. The average Bonchev–Trinajstić information content (AvgIpc) is 3.12. The average molecular weight is 501 g/mol. The molecule has 0 amide bonds. The minimum atomic E-state index is -3.03. The topological polar surface area (TPSA) is 86.7 Å². The molecule has 10 heteroatoms. The fraction of sp³-hybridized carbons (Fsp3) is 0.733. The van der Waals surface area contributed by atoms with Gasteiger partial charge < -0.3 is 10.6 Å². The Morgan fingerprint density at radius 2 is 2.20 bits per heavy atom. The summed E-state index contributed by atoms with van der Waals surface area (Å²) in [6.45, 7) is 9.16. The van der Waals surface area contributed by atoms with Crippen molar-refractivity contribution in [3.63, 3.8) is 0 Å². The molecule has 1 aromatic heterocycles. The van der Waals surface area contributed by atoms with Crippen molar-refractivity contribution >= 4 is 51.3 Å². The molecule has 1 aliphatic heterocycles. The van der Waals surface area contributed by atoms with Gasteiger partial charge in [0, 0.05) is 31.6 Å². The molecule has 2 N–H and O–H groups in total. The number of thiazole rings is 1. The molecule has 1 fully saturated rings. The SMILES string of the molecule is CCNC(=NCc1nc(C(C)C)cs1)NCCN1CCCS1(=O)=O.I. The predicted octanol–water partition coefficient (Wildman–Crippen LogP) is 1.98. The first-order valence-electron chi connectivity index (χ1n) is 8.36. The Bertz CT molecular complexity index is 661. The number of hydrogen-bond acceptors (Lipinski definition) is 5. The number of aliphatic imine (C=N–C) groups is 1. The molecule has 1 aromatic rings. The Labute approximate surface area is 171 Å². The molecule has 0 bridgehead atoms. The Kier molecular flexibility index (Phi) is 9.60. The molecule has 1 aliphatic rings. The molecular weight excluding hydrogens is 473 g/mol. The monoisotopic (exact) mass is 501 g/mol. The van der Waals surface area contributed by atoms with Crippen molar-refractivity contribution in [1.29, 1.82) is 0 Å². The quantitative estimate of drug-likeness (QED) is 0.339. The molecule has 2 heterocycles. The largest absolute Gasteiger partial charge is 0.357 e. The molecular formula is C15H28IN5O2S2. The third-order valence-electron chi connectivity index (χ3n) is 3.73. The van der Waals surface area contributed by atoms with Crippen LogP contribution < -0.4 is 10.6 Å². The zero-order valence-corrected chi connectivity index (χ0v) is 19.0. The van der Waals surface area contributed by atoms with Crippen LogP contribution in [0.4, 0.5) is 0 Å². The maximum Gasteiger partial charge on any atom is 0.214 e. The first-order chi connectivity index (χ1) is 11.4. The second kappa shape index (κ2) is 10.6. The lowest BCUT2D eigenvalue weighted by Gasteiger charge is -2.16. The van der Waals surface area contributed by atoms with Gasteiger partial charge in [0.1, 0.15) is 5.01 Å². The molecule has 0 unspecified atom stereocenters. The van der Waals surface area contributed by atoms with Gasteiger partial charge in [0.05, 0.1) is 18.0 Å². The number of guanidine groups is 1. The molecule has 7 nitrogen and oxygen atoms in total. The third-order valence-corrected chi connectivity index (χ3v) is 6.54. The normalized spacial score (nSPS) is 17.5. The van der Waals surface area contributed by atoms with Crippen molar-refractivity contribution in [2.45, 2.75) is 39.7 Å². The van der Waals surface area contributed by atoms with Crippen molar-refractivity contribution in [1.82, 2.24) is 19.9 Å². The summed E-state index contributed by atoms with van der Waals surface area (Å²) >= 11 is 1.62. The van der Waals surface area contributed by atoms with Crippen LogP contribution in [0.2, 0.25) is 0 Å². The Hall–Kier alpha value is -0.460. The van der Waals surface area contributed by atoms with Gasteiger partial charge in [0.15, 0.2) is 5.96 Å². The summed E-state index contributed by atoms with van der Waals surface area (Å²) in [5.74, 6) is 1.38. The van der Waals surface area contributed by atoms with Gasteiger partial charge in [-0.15, -0.1) is 35.3 Å². The third kappa shape index (κ3) is 6.99. The summed E-state index contributed by atoms with van der Waals surface area (Å²) in [4.78, 5) is 9.10. The maximum atomic E-state index is 11.8. The highest BCUT2D eigenvalue weighted by Crippen LogP contribution is 2.18. The molecule has 2 rings (SSSR count). The number of aromatic nitrogens is 1. The van der Waals surface area contributed by atoms with E-state index >= 15 is 0 Å². The number of sulfonamides is 1. The van der Waals surface area contributed by atoms with E-state index in [4.69, 9.17) is 0 Å². The minimum Gasteiger partial charge on any atom is -0.357 e. The second-order valence-electron chi connectivity index (χ2n) is 6.01. The molecule has 0 atom stereocenters. The smallest absolute Gasteiger partial charge is 0.214 e. The molecule has 1 saturated heterocycles. The van der Waals surface area contributed by atoms with Gasteiger partial charge in [-0.1, -0.05) is 13.8 Å². The van der Waals surface area contributed by atoms with Crippen LogP contribution in [-0.2, 0) is 16.6 Å². The van der Waals surface area contributed by atoms with Crippen molar-refractivity contribution < 1.29 is 8.42 Å². The highest BCUT2D eigenvalue weighted by Gasteiger charge is 2.27. The predicted molar refractivity (Wildman–Crippen MR) is 114 cm³/mol. The first kappa shape index (κ1) is 22.6. The summed E-state index contributed by atoms with van der Waals surface area (Å²) in [6.07, 6.45) is 0.721. The standard InChI is InChI=1S/C15H27N5O2S2.HI/c1-4-16-15(17-6-8-20-7-5-9-24(20,21)22)18-10-14-19-13(11-23-14)12(2)3;/h11-12H,4-10H2,1-3H3,(H2,16,17,18);1H. The first-order valence-corrected chi connectivity index (χ1v) is 10.9. The van der Waals surface area contributed by atoms with Gasteiger partial charge in [0.25, 0.3) is 0 Å². The molecule has 25 heavy (non-hydrogen) atoms. The molecule has 0 aliphatic carbocycles. The van der Waals surface area contributed by atoms with Crippen LogP contribution in [0.25, 0.3) is 0 Å². The number of rotatable bonds is 7. The van der Waals surface area contributed by atoms with Crippen LogP contribution in [0, 0.1) is 0 Å².